The minimum Gasteiger partial charge on any atom is -0.481 e. The van der Waals surface area contributed by atoms with E-state index in [4.69, 9.17) is 15.2 Å². The minimum atomic E-state index is -0.378. The second-order valence-electron chi connectivity index (χ2n) is 4.48. The Balaban J connectivity index is 1.83. The number of nitrogens with one attached hydrogen (secondary N) is 1. The van der Waals surface area contributed by atoms with Gasteiger partial charge in [-0.2, -0.15) is 0 Å². The zero-order valence-corrected chi connectivity index (χ0v) is 11.0. The van der Waals surface area contributed by atoms with Gasteiger partial charge in [-0.15, -0.1) is 0 Å². The molecule has 0 spiro atoms. The van der Waals surface area contributed by atoms with Gasteiger partial charge in [-0.1, -0.05) is 0 Å². The first-order valence-electron chi connectivity index (χ1n) is 6.35. The van der Waals surface area contributed by atoms with Crippen molar-refractivity contribution >= 4 is 5.91 Å². The van der Waals surface area contributed by atoms with E-state index < -0.39 is 0 Å². The minimum absolute atomic E-state index is 0.0109. The van der Waals surface area contributed by atoms with Crippen LogP contribution in [-0.2, 0) is 16.1 Å². The number of nitrogens with two attached hydrogens (primary N) is 1. The van der Waals surface area contributed by atoms with E-state index in [0.29, 0.717) is 19.0 Å². The number of carbonyl (C=O) groups excluding carboxylic acids is 1. The molecule has 1 aromatic heterocycles. The van der Waals surface area contributed by atoms with E-state index in [1.165, 1.54) is 0 Å². The van der Waals surface area contributed by atoms with E-state index in [2.05, 4.69) is 10.3 Å². The molecule has 1 aliphatic heterocycles. The van der Waals surface area contributed by atoms with Gasteiger partial charge in [0.1, 0.15) is 6.10 Å². The van der Waals surface area contributed by atoms with Crippen molar-refractivity contribution in [3.63, 3.8) is 0 Å². The number of pyridine rings is 1. The average molecular weight is 265 g/mol. The molecule has 1 amide bonds. The van der Waals surface area contributed by atoms with Gasteiger partial charge in [-0.05, 0) is 24.5 Å². The molecule has 0 bridgehead atoms. The fourth-order valence-corrected chi connectivity index (χ4v) is 2.05. The predicted molar refractivity (Wildman–Crippen MR) is 69.6 cm³/mol. The van der Waals surface area contributed by atoms with Crippen LogP contribution in [0.15, 0.2) is 18.3 Å². The smallest absolute Gasteiger partial charge is 0.249 e. The van der Waals surface area contributed by atoms with Gasteiger partial charge in [0.15, 0.2) is 0 Å². The fourth-order valence-electron chi connectivity index (χ4n) is 2.05. The second kappa shape index (κ2) is 6.49. The lowest BCUT2D eigenvalue weighted by atomic mass is 10.2. The number of aromatic nitrogens is 1. The molecule has 19 heavy (non-hydrogen) atoms. The van der Waals surface area contributed by atoms with Gasteiger partial charge in [0.05, 0.1) is 13.2 Å². The molecule has 1 fully saturated rings. The summed E-state index contributed by atoms with van der Waals surface area (Å²) in [6.45, 7) is 0.899. The maximum atomic E-state index is 11.9. The van der Waals surface area contributed by atoms with Crippen LogP contribution in [0, 0.1) is 0 Å². The lowest BCUT2D eigenvalue weighted by molar-refractivity contribution is -0.132. The average Bonchev–Trinajstić information content (AvgIpc) is 2.94. The van der Waals surface area contributed by atoms with E-state index in [9.17, 15) is 4.79 Å². The molecule has 2 atom stereocenters. The Morgan fingerprint density at radius 1 is 1.63 bits per heavy atom. The number of hydrogen-bond acceptors (Lipinski definition) is 5. The monoisotopic (exact) mass is 265 g/mol. The Bertz CT molecular complexity index is 439. The van der Waals surface area contributed by atoms with Crippen LogP contribution in [0.2, 0.25) is 0 Å². The Morgan fingerprint density at radius 3 is 3.16 bits per heavy atom. The van der Waals surface area contributed by atoms with Crippen molar-refractivity contribution in [2.45, 2.75) is 31.6 Å². The van der Waals surface area contributed by atoms with Crippen LogP contribution in [0.5, 0.6) is 5.88 Å². The number of methoxy groups -OCH3 is 1. The van der Waals surface area contributed by atoms with Crippen LogP contribution in [0.3, 0.4) is 0 Å². The molecule has 2 rings (SSSR count). The highest BCUT2D eigenvalue weighted by Crippen LogP contribution is 2.19. The Kier molecular flexibility index (Phi) is 4.70. The van der Waals surface area contributed by atoms with Crippen molar-refractivity contribution < 1.29 is 14.3 Å². The molecule has 2 heterocycles. The largest absolute Gasteiger partial charge is 0.481 e. The van der Waals surface area contributed by atoms with Crippen LogP contribution in [-0.4, -0.2) is 36.8 Å². The summed E-state index contributed by atoms with van der Waals surface area (Å²) in [5.41, 5.74) is 6.45. The van der Waals surface area contributed by atoms with E-state index >= 15 is 0 Å². The summed E-state index contributed by atoms with van der Waals surface area (Å²) in [5.74, 6) is 0.443. The lowest BCUT2D eigenvalue weighted by Gasteiger charge is -2.12. The molecule has 104 valence electrons. The van der Waals surface area contributed by atoms with Crippen molar-refractivity contribution in [3.8, 4) is 5.88 Å². The maximum Gasteiger partial charge on any atom is 0.249 e. The van der Waals surface area contributed by atoms with Crippen molar-refractivity contribution in [2.24, 2.45) is 5.73 Å². The van der Waals surface area contributed by atoms with Crippen LogP contribution in [0.1, 0.15) is 18.4 Å². The van der Waals surface area contributed by atoms with E-state index in [1.54, 1.807) is 19.4 Å². The highest BCUT2D eigenvalue weighted by atomic mass is 16.5. The van der Waals surface area contributed by atoms with E-state index in [-0.39, 0.29) is 18.1 Å². The molecular weight excluding hydrogens is 246 g/mol. The van der Waals surface area contributed by atoms with E-state index in [1.807, 2.05) is 6.07 Å². The third-order valence-corrected chi connectivity index (χ3v) is 3.14. The second-order valence-corrected chi connectivity index (χ2v) is 4.48. The van der Waals surface area contributed by atoms with Gasteiger partial charge >= 0.3 is 0 Å². The Morgan fingerprint density at radius 2 is 2.47 bits per heavy atom. The molecule has 0 aliphatic carbocycles. The Hall–Kier alpha value is -1.66. The summed E-state index contributed by atoms with van der Waals surface area (Å²) >= 11 is 0. The van der Waals surface area contributed by atoms with Gasteiger partial charge in [-0.25, -0.2) is 4.98 Å². The molecule has 0 saturated carbocycles. The highest BCUT2D eigenvalue weighted by molar-refractivity contribution is 5.81. The molecule has 0 aromatic carbocycles. The van der Waals surface area contributed by atoms with Crippen LogP contribution in [0.4, 0.5) is 0 Å². The van der Waals surface area contributed by atoms with Gasteiger partial charge in [0.2, 0.25) is 11.8 Å². The van der Waals surface area contributed by atoms with Crippen LogP contribution < -0.4 is 15.8 Å². The highest BCUT2D eigenvalue weighted by Gasteiger charge is 2.29. The van der Waals surface area contributed by atoms with Gasteiger partial charge in [0.25, 0.3) is 0 Å². The molecule has 6 nitrogen and oxygen atoms in total. The predicted octanol–water partition coefficient (Wildman–Crippen LogP) is 0.213. The van der Waals surface area contributed by atoms with Crippen molar-refractivity contribution in [3.05, 3.63) is 23.9 Å². The maximum absolute atomic E-state index is 11.9. The zero-order valence-electron chi connectivity index (χ0n) is 11.0. The van der Waals surface area contributed by atoms with Gasteiger partial charge < -0.3 is 20.5 Å². The summed E-state index contributed by atoms with van der Waals surface area (Å²) < 4.78 is 10.6. The van der Waals surface area contributed by atoms with Crippen molar-refractivity contribution in [1.29, 1.82) is 0 Å². The summed E-state index contributed by atoms with van der Waals surface area (Å²) in [6, 6.07) is 3.62. The molecule has 2 unspecified atom stereocenters. The van der Waals surface area contributed by atoms with Crippen molar-refractivity contribution in [2.75, 3.05) is 13.7 Å². The topological polar surface area (TPSA) is 86.5 Å². The molecule has 1 aliphatic rings. The molecule has 6 heteroatoms. The third kappa shape index (κ3) is 3.65. The van der Waals surface area contributed by atoms with Gasteiger partial charge in [-0.3, -0.25) is 4.79 Å². The molecule has 1 saturated heterocycles. The standard InChI is InChI=1S/C13H19N3O3/c1-18-12-6-9(4-5-15-12)8-16-13(17)11-3-2-10(7-14)19-11/h4-6,10-11H,2-3,7-8,14H2,1H3,(H,16,17). The summed E-state index contributed by atoms with van der Waals surface area (Å²) in [6.07, 6.45) is 2.86. The zero-order chi connectivity index (χ0) is 13.7. The number of ether oxygens (including phenoxy) is 2. The molecule has 0 radical (unpaired) electrons. The van der Waals surface area contributed by atoms with Crippen molar-refractivity contribution in [1.82, 2.24) is 10.3 Å². The molecule has 1 aromatic rings. The van der Waals surface area contributed by atoms with Gasteiger partial charge in [0, 0.05) is 25.4 Å². The van der Waals surface area contributed by atoms with E-state index in [0.717, 1.165) is 18.4 Å². The fraction of sp³-hybridized carbons (Fsp3) is 0.538. The van der Waals surface area contributed by atoms with Crippen LogP contribution >= 0.6 is 0 Å². The first-order valence-corrected chi connectivity index (χ1v) is 6.35. The number of carbonyl (C=O) groups is 1. The van der Waals surface area contributed by atoms with Crippen LogP contribution in [0.25, 0.3) is 0 Å². The summed E-state index contributed by atoms with van der Waals surface area (Å²) in [7, 11) is 1.56. The number of rotatable bonds is 5. The molecular formula is C13H19N3O3. The molecule has 3 N–H and O–H groups in total. The number of amides is 1. The number of hydrogen-bond donors (Lipinski definition) is 2. The normalized spacial score (nSPS) is 22.2. The SMILES string of the molecule is COc1cc(CNC(=O)C2CCC(CN)O2)ccn1. The summed E-state index contributed by atoms with van der Waals surface area (Å²) in [5, 5.41) is 2.85. The number of nitrogens with zero attached hydrogens (tertiary/aromatic N) is 1. The third-order valence-electron chi connectivity index (χ3n) is 3.14. The summed E-state index contributed by atoms with van der Waals surface area (Å²) in [4.78, 5) is 15.9. The first kappa shape index (κ1) is 13.8. The first-order chi connectivity index (χ1) is 9.22. The Labute approximate surface area is 112 Å². The quantitative estimate of drug-likeness (QED) is 0.795. The lowest BCUT2D eigenvalue weighted by Crippen LogP contribution is -2.35.